The molecule has 0 aliphatic carbocycles. The van der Waals surface area contributed by atoms with Crippen LogP contribution >= 0.6 is 0 Å². The lowest BCUT2D eigenvalue weighted by atomic mass is 10.1. The van der Waals surface area contributed by atoms with Crippen molar-refractivity contribution in [3.05, 3.63) is 47.3 Å². The Bertz CT molecular complexity index is 590. The molecular weight excluding hydrogens is 242 g/mol. The molecule has 1 aromatic carbocycles. The second-order valence-corrected chi connectivity index (χ2v) is 4.32. The van der Waals surface area contributed by atoms with E-state index in [-0.39, 0.29) is 6.61 Å². The minimum absolute atomic E-state index is 0.201. The Balaban J connectivity index is 2.03. The average molecular weight is 259 g/mol. The van der Waals surface area contributed by atoms with Gasteiger partial charge in [-0.15, -0.1) is 0 Å². The highest BCUT2D eigenvalue weighted by molar-refractivity contribution is 5.95. The lowest BCUT2D eigenvalue weighted by Crippen LogP contribution is -2.09. The van der Waals surface area contributed by atoms with Gasteiger partial charge in [-0.1, -0.05) is 12.1 Å². The molecule has 0 amide bonds. The summed E-state index contributed by atoms with van der Waals surface area (Å²) in [6.07, 6.45) is 3.54. The summed E-state index contributed by atoms with van der Waals surface area (Å²) in [4.78, 5) is 11.9. The van der Waals surface area contributed by atoms with Gasteiger partial charge in [0.25, 0.3) is 0 Å². The minimum atomic E-state index is -0.412. The van der Waals surface area contributed by atoms with Crippen molar-refractivity contribution in [2.75, 3.05) is 5.73 Å². The Morgan fingerprint density at radius 1 is 1.47 bits per heavy atom. The van der Waals surface area contributed by atoms with Gasteiger partial charge in [0, 0.05) is 24.0 Å². The number of nitrogen functional groups attached to an aromatic ring is 1. The van der Waals surface area contributed by atoms with E-state index < -0.39 is 5.97 Å². The first-order valence-electron chi connectivity index (χ1n) is 6.15. The molecule has 0 aliphatic heterocycles. The summed E-state index contributed by atoms with van der Waals surface area (Å²) in [5.41, 5.74) is 8.47. The highest BCUT2D eigenvalue weighted by Gasteiger charge is 2.12. The number of ether oxygens (including phenoxy) is 1. The fraction of sp³-hybridized carbons (Fsp3) is 0.286. The first kappa shape index (κ1) is 13.1. The molecule has 0 unspecified atom stereocenters. The van der Waals surface area contributed by atoms with Gasteiger partial charge in [0.2, 0.25) is 0 Å². The maximum absolute atomic E-state index is 11.9. The van der Waals surface area contributed by atoms with Gasteiger partial charge in [-0.2, -0.15) is 5.10 Å². The number of nitrogens with two attached hydrogens (primary N) is 1. The van der Waals surface area contributed by atoms with E-state index in [9.17, 15) is 4.79 Å². The largest absolute Gasteiger partial charge is 0.457 e. The summed E-state index contributed by atoms with van der Waals surface area (Å²) in [5.74, 6) is -0.412. The lowest BCUT2D eigenvalue weighted by Gasteiger charge is -2.07. The fourth-order valence-electron chi connectivity index (χ4n) is 1.74. The molecule has 5 heteroatoms. The van der Waals surface area contributed by atoms with Crippen LogP contribution in [0.5, 0.6) is 0 Å². The topological polar surface area (TPSA) is 70.1 Å². The first-order chi connectivity index (χ1) is 9.11. The van der Waals surface area contributed by atoms with E-state index in [1.807, 2.05) is 26.1 Å². The third kappa shape index (κ3) is 2.93. The number of carbonyl (C=O) groups is 1. The van der Waals surface area contributed by atoms with Gasteiger partial charge in [-0.05, 0) is 25.5 Å². The number of benzene rings is 1. The van der Waals surface area contributed by atoms with Crippen LogP contribution in [-0.2, 0) is 17.9 Å². The van der Waals surface area contributed by atoms with E-state index in [0.29, 0.717) is 11.3 Å². The summed E-state index contributed by atoms with van der Waals surface area (Å²) in [5, 5.41) is 4.12. The maximum atomic E-state index is 11.9. The molecule has 0 fully saturated rings. The summed E-state index contributed by atoms with van der Waals surface area (Å²) in [6, 6.07) is 5.31. The van der Waals surface area contributed by atoms with E-state index in [0.717, 1.165) is 17.7 Å². The molecule has 0 saturated heterocycles. The Morgan fingerprint density at radius 3 is 2.95 bits per heavy atom. The van der Waals surface area contributed by atoms with Crippen molar-refractivity contribution < 1.29 is 9.53 Å². The molecule has 0 atom stereocenters. The van der Waals surface area contributed by atoms with Crippen LogP contribution in [-0.4, -0.2) is 15.7 Å². The molecule has 0 saturated carbocycles. The van der Waals surface area contributed by atoms with E-state index in [1.165, 1.54) is 0 Å². The third-order valence-corrected chi connectivity index (χ3v) is 2.92. The predicted octanol–water partition coefficient (Wildman–Crippen LogP) is 2.15. The van der Waals surface area contributed by atoms with Crippen molar-refractivity contribution in [1.29, 1.82) is 0 Å². The number of rotatable bonds is 4. The fourth-order valence-corrected chi connectivity index (χ4v) is 1.74. The summed E-state index contributed by atoms with van der Waals surface area (Å²) >= 11 is 0. The predicted molar refractivity (Wildman–Crippen MR) is 72.6 cm³/mol. The molecule has 2 rings (SSSR count). The number of para-hydroxylation sites is 1. The summed E-state index contributed by atoms with van der Waals surface area (Å²) < 4.78 is 7.02. The quantitative estimate of drug-likeness (QED) is 0.674. The van der Waals surface area contributed by atoms with Crippen LogP contribution in [0.1, 0.15) is 28.4 Å². The zero-order valence-electron chi connectivity index (χ0n) is 11.1. The van der Waals surface area contributed by atoms with Gasteiger partial charge in [0.1, 0.15) is 6.61 Å². The smallest absolute Gasteiger partial charge is 0.340 e. The molecule has 1 aromatic heterocycles. The number of aromatic nitrogens is 2. The van der Waals surface area contributed by atoms with Gasteiger partial charge < -0.3 is 10.5 Å². The van der Waals surface area contributed by atoms with Gasteiger partial charge >= 0.3 is 5.97 Å². The second kappa shape index (κ2) is 5.56. The molecule has 0 radical (unpaired) electrons. The number of carbonyl (C=O) groups excluding carboxylic acids is 1. The SMILES string of the molecule is CCn1cc(COC(=O)c2cccc(C)c2N)cn1. The van der Waals surface area contributed by atoms with Crippen molar-refractivity contribution in [1.82, 2.24) is 9.78 Å². The maximum Gasteiger partial charge on any atom is 0.340 e. The molecule has 100 valence electrons. The van der Waals surface area contributed by atoms with Crippen molar-refractivity contribution >= 4 is 11.7 Å². The van der Waals surface area contributed by atoms with E-state index in [4.69, 9.17) is 10.5 Å². The van der Waals surface area contributed by atoms with E-state index in [2.05, 4.69) is 5.10 Å². The van der Waals surface area contributed by atoms with Crippen LogP contribution in [0.4, 0.5) is 5.69 Å². The molecule has 1 heterocycles. The van der Waals surface area contributed by atoms with Crippen molar-refractivity contribution in [2.24, 2.45) is 0 Å². The van der Waals surface area contributed by atoms with Gasteiger partial charge in [-0.25, -0.2) is 4.79 Å². The Labute approximate surface area is 112 Å². The minimum Gasteiger partial charge on any atom is -0.457 e. The molecule has 2 aromatic rings. The number of aryl methyl sites for hydroxylation is 2. The molecule has 2 N–H and O–H groups in total. The molecule has 19 heavy (non-hydrogen) atoms. The Kier molecular flexibility index (Phi) is 3.85. The van der Waals surface area contributed by atoms with E-state index >= 15 is 0 Å². The number of esters is 1. The Morgan fingerprint density at radius 2 is 2.26 bits per heavy atom. The van der Waals surface area contributed by atoms with Crippen LogP contribution in [0.3, 0.4) is 0 Å². The highest BCUT2D eigenvalue weighted by Crippen LogP contribution is 2.17. The third-order valence-electron chi connectivity index (χ3n) is 2.92. The summed E-state index contributed by atoms with van der Waals surface area (Å²) in [7, 11) is 0. The van der Waals surface area contributed by atoms with Crippen LogP contribution in [0, 0.1) is 6.92 Å². The monoisotopic (exact) mass is 259 g/mol. The highest BCUT2D eigenvalue weighted by atomic mass is 16.5. The van der Waals surface area contributed by atoms with Gasteiger partial charge in [0.15, 0.2) is 0 Å². The Hall–Kier alpha value is -2.30. The van der Waals surface area contributed by atoms with Crippen LogP contribution in [0.25, 0.3) is 0 Å². The van der Waals surface area contributed by atoms with Crippen molar-refractivity contribution in [3.8, 4) is 0 Å². The molecule has 5 nitrogen and oxygen atoms in total. The zero-order chi connectivity index (χ0) is 13.8. The van der Waals surface area contributed by atoms with Crippen LogP contribution < -0.4 is 5.73 Å². The van der Waals surface area contributed by atoms with Crippen LogP contribution in [0.15, 0.2) is 30.6 Å². The second-order valence-electron chi connectivity index (χ2n) is 4.32. The zero-order valence-corrected chi connectivity index (χ0v) is 11.1. The molecule has 0 spiro atoms. The standard InChI is InChI=1S/C14H17N3O2/c1-3-17-8-11(7-16-17)9-19-14(18)12-6-4-5-10(2)13(12)15/h4-8H,3,9,15H2,1-2H3. The van der Waals surface area contributed by atoms with Crippen LogP contribution in [0.2, 0.25) is 0 Å². The lowest BCUT2D eigenvalue weighted by molar-refractivity contribution is 0.0474. The number of nitrogens with zero attached hydrogens (tertiary/aromatic N) is 2. The summed E-state index contributed by atoms with van der Waals surface area (Å²) in [6.45, 7) is 4.85. The number of hydrogen-bond acceptors (Lipinski definition) is 4. The van der Waals surface area contributed by atoms with Crippen molar-refractivity contribution in [3.63, 3.8) is 0 Å². The molecule has 0 bridgehead atoms. The first-order valence-corrected chi connectivity index (χ1v) is 6.15. The van der Waals surface area contributed by atoms with Crippen molar-refractivity contribution in [2.45, 2.75) is 27.0 Å². The molecular formula is C14H17N3O2. The van der Waals surface area contributed by atoms with E-state index in [1.54, 1.807) is 23.0 Å². The van der Waals surface area contributed by atoms with Gasteiger partial charge in [0.05, 0.1) is 11.8 Å². The van der Waals surface area contributed by atoms with Gasteiger partial charge in [-0.3, -0.25) is 4.68 Å². The number of anilines is 1. The average Bonchev–Trinajstić information content (AvgIpc) is 2.87. The molecule has 0 aliphatic rings. The number of hydrogen-bond donors (Lipinski definition) is 1. The normalized spacial score (nSPS) is 10.4.